The molecule has 1 aromatic heterocycles. The lowest BCUT2D eigenvalue weighted by molar-refractivity contribution is 0.0936. The van der Waals surface area contributed by atoms with E-state index in [9.17, 15) is 0 Å². The van der Waals surface area contributed by atoms with Gasteiger partial charge in [-0.2, -0.15) is 5.10 Å². The van der Waals surface area contributed by atoms with Crippen LogP contribution in [0.25, 0.3) is 0 Å². The molecule has 7 nitrogen and oxygen atoms in total. The number of fused-ring (bicyclic) bond motifs is 1. The molecule has 0 saturated heterocycles. The largest absolute Gasteiger partial charge is 0.486 e. The van der Waals surface area contributed by atoms with Gasteiger partial charge in [-0.15, -0.1) is 24.0 Å². The van der Waals surface area contributed by atoms with Gasteiger partial charge in [0.05, 0.1) is 12.7 Å². The topological polar surface area (TPSA) is 72.7 Å². The first-order valence-electron chi connectivity index (χ1n) is 8.05. The molecule has 2 N–H and O–H groups in total. The number of guanidine groups is 1. The molecule has 8 heteroatoms. The molecular weight excluding hydrogens is 433 g/mol. The lowest BCUT2D eigenvalue weighted by Gasteiger charge is -2.27. The van der Waals surface area contributed by atoms with Crippen molar-refractivity contribution in [1.29, 1.82) is 0 Å². The number of aryl methyl sites for hydroxylation is 1. The van der Waals surface area contributed by atoms with Crippen LogP contribution in [0.5, 0.6) is 11.5 Å². The molecule has 2 aromatic rings. The van der Waals surface area contributed by atoms with Crippen molar-refractivity contribution < 1.29 is 9.47 Å². The summed E-state index contributed by atoms with van der Waals surface area (Å²) in [5.41, 5.74) is 1.20. The Labute approximate surface area is 164 Å². The second kappa shape index (κ2) is 9.50. The lowest BCUT2D eigenvalue weighted by atomic mass is 10.2. The molecule has 1 unspecified atom stereocenters. The standard InChI is InChI=1S/C17H23N5O2.HI/c1-18-17(19-8-7-13-9-21-22(2)11-13)20-10-14-12-23-15-5-3-4-6-16(15)24-14;/h3-6,9,11,14H,7-8,10,12H2,1-2H3,(H2,18,19,20);1H. The maximum absolute atomic E-state index is 5.92. The van der Waals surface area contributed by atoms with Crippen LogP contribution in [0, 0.1) is 0 Å². The van der Waals surface area contributed by atoms with E-state index in [1.54, 1.807) is 11.7 Å². The van der Waals surface area contributed by atoms with E-state index in [1.165, 1.54) is 5.56 Å². The minimum Gasteiger partial charge on any atom is -0.486 e. The summed E-state index contributed by atoms with van der Waals surface area (Å²) in [6, 6.07) is 7.71. The third-order valence-corrected chi connectivity index (χ3v) is 3.75. The molecule has 1 aromatic carbocycles. The molecule has 0 radical (unpaired) electrons. The maximum Gasteiger partial charge on any atom is 0.191 e. The molecule has 0 amide bonds. The van der Waals surface area contributed by atoms with E-state index in [0.29, 0.717) is 13.2 Å². The first-order valence-corrected chi connectivity index (χ1v) is 8.05. The highest BCUT2D eigenvalue weighted by Gasteiger charge is 2.20. The van der Waals surface area contributed by atoms with Crippen LogP contribution < -0.4 is 20.1 Å². The molecule has 1 atom stereocenters. The highest BCUT2D eigenvalue weighted by molar-refractivity contribution is 14.0. The van der Waals surface area contributed by atoms with Gasteiger partial charge >= 0.3 is 0 Å². The Kier molecular flexibility index (Phi) is 7.35. The van der Waals surface area contributed by atoms with Gasteiger partial charge in [-0.3, -0.25) is 9.67 Å². The third-order valence-electron chi connectivity index (χ3n) is 3.75. The van der Waals surface area contributed by atoms with Gasteiger partial charge in [0.1, 0.15) is 12.7 Å². The summed E-state index contributed by atoms with van der Waals surface area (Å²) in [6.45, 7) is 1.94. The number of hydrogen-bond acceptors (Lipinski definition) is 4. The van der Waals surface area contributed by atoms with Crippen LogP contribution in [-0.2, 0) is 13.5 Å². The zero-order valence-electron chi connectivity index (χ0n) is 14.4. The van der Waals surface area contributed by atoms with E-state index in [4.69, 9.17) is 9.47 Å². The second-order valence-corrected chi connectivity index (χ2v) is 5.65. The van der Waals surface area contributed by atoms with Crippen molar-refractivity contribution in [3.8, 4) is 11.5 Å². The zero-order chi connectivity index (χ0) is 16.8. The molecule has 3 rings (SSSR count). The Morgan fingerprint density at radius 2 is 2.12 bits per heavy atom. The average Bonchev–Trinajstić information content (AvgIpc) is 3.03. The first-order chi connectivity index (χ1) is 11.7. The summed E-state index contributed by atoms with van der Waals surface area (Å²) in [6.07, 6.45) is 4.74. The predicted octanol–water partition coefficient (Wildman–Crippen LogP) is 1.59. The molecule has 136 valence electrons. The molecule has 0 fully saturated rings. The lowest BCUT2D eigenvalue weighted by Crippen LogP contribution is -2.45. The van der Waals surface area contributed by atoms with Gasteiger partial charge in [0.25, 0.3) is 0 Å². The fourth-order valence-corrected chi connectivity index (χ4v) is 2.52. The molecule has 2 heterocycles. The summed E-state index contributed by atoms with van der Waals surface area (Å²) in [4.78, 5) is 4.23. The van der Waals surface area contributed by atoms with E-state index in [0.717, 1.165) is 30.4 Å². The number of halogens is 1. The SMILES string of the molecule is CN=C(NCCc1cnn(C)c1)NCC1COc2ccccc2O1.I. The van der Waals surface area contributed by atoms with E-state index < -0.39 is 0 Å². The van der Waals surface area contributed by atoms with Crippen LogP contribution in [0.4, 0.5) is 0 Å². The van der Waals surface area contributed by atoms with Gasteiger partial charge in [-0.25, -0.2) is 0 Å². The minimum absolute atomic E-state index is 0. The van der Waals surface area contributed by atoms with Crippen LogP contribution in [-0.4, -0.2) is 48.6 Å². The Morgan fingerprint density at radius 3 is 2.84 bits per heavy atom. The van der Waals surface area contributed by atoms with Crippen LogP contribution in [0.15, 0.2) is 41.7 Å². The highest BCUT2D eigenvalue weighted by atomic mass is 127. The zero-order valence-corrected chi connectivity index (χ0v) is 16.8. The number of benzene rings is 1. The van der Waals surface area contributed by atoms with Gasteiger partial charge in [0.2, 0.25) is 0 Å². The van der Waals surface area contributed by atoms with Crippen molar-refractivity contribution in [1.82, 2.24) is 20.4 Å². The number of hydrogen-bond donors (Lipinski definition) is 2. The van der Waals surface area contributed by atoms with Gasteiger partial charge in [0.15, 0.2) is 17.5 Å². The minimum atomic E-state index is -0.0447. The molecule has 0 saturated carbocycles. The van der Waals surface area contributed by atoms with E-state index in [2.05, 4.69) is 20.7 Å². The molecule has 1 aliphatic heterocycles. The molecular formula is C17H24IN5O2. The number of aliphatic imine (C=N–C) groups is 1. The van der Waals surface area contributed by atoms with Crippen molar-refractivity contribution in [2.24, 2.45) is 12.0 Å². The molecule has 0 aliphatic carbocycles. The van der Waals surface area contributed by atoms with E-state index >= 15 is 0 Å². The second-order valence-electron chi connectivity index (χ2n) is 5.65. The number of para-hydroxylation sites is 2. The third kappa shape index (κ3) is 5.52. The number of nitrogens with zero attached hydrogens (tertiary/aromatic N) is 3. The highest BCUT2D eigenvalue weighted by Crippen LogP contribution is 2.30. The van der Waals surface area contributed by atoms with Gasteiger partial charge in [-0.05, 0) is 24.1 Å². The number of nitrogens with one attached hydrogen (secondary N) is 2. The van der Waals surface area contributed by atoms with E-state index in [-0.39, 0.29) is 30.1 Å². The van der Waals surface area contributed by atoms with E-state index in [1.807, 2.05) is 43.7 Å². The molecule has 25 heavy (non-hydrogen) atoms. The van der Waals surface area contributed by atoms with Gasteiger partial charge < -0.3 is 20.1 Å². The van der Waals surface area contributed by atoms with Crippen molar-refractivity contribution in [2.75, 3.05) is 26.7 Å². The Bertz CT molecular complexity index is 704. The fraction of sp³-hybridized carbons (Fsp3) is 0.412. The van der Waals surface area contributed by atoms with Crippen LogP contribution >= 0.6 is 24.0 Å². The first kappa shape index (κ1) is 19.4. The Hall–Kier alpha value is -1.97. The molecule has 1 aliphatic rings. The Morgan fingerprint density at radius 1 is 1.32 bits per heavy atom. The number of rotatable bonds is 5. The van der Waals surface area contributed by atoms with Crippen LogP contribution in [0.1, 0.15) is 5.56 Å². The summed E-state index contributed by atoms with van der Waals surface area (Å²) in [5.74, 6) is 2.34. The average molecular weight is 457 g/mol. The van der Waals surface area contributed by atoms with Gasteiger partial charge in [-0.1, -0.05) is 12.1 Å². The summed E-state index contributed by atoms with van der Waals surface area (Å²) < 4.78 is 13.4. The monoisotopic (exact) mass is 457 g/mol. The quantitative estimate of drug-likeness (QED) is 0.406. The Balaban J connectivity index is 0.00000225. The van der Waals surface area contributed by atoms with Crippen molar-refractivity contribution in [3.63, 3.8) is 0 Å². The van der Waals surface area contributed by atoms with Crippen molar-refractivity contribution in [2.45, 2.75) is 12.5 Å². The van der Waals surface area contributed by atoms with Crippen LogP contribution in [0.2, 0.25) is 0 Å². The summed E-state index contributed by atoms with van der Waals surface area (Å²) >= 11 is 0. The molecule has 0 spiro atoms. The predicted molar refractivity (Wildman–Crippen MR) is 108 cm³/mol. The fourth-order valence-electron chi connectivity index (χ4n) is 2.52. The maximum atomic E-state index is 5.92. The normalized spacial score (nSPS) is 16.1. The van der Waals surface area contributed by atoms with Gasteiger partial charge in [0, 0.05) is 26.8 Å². The smallest absolute Gasteiger partial charge is 0.191 e. The molecule has 0 bridgehead atoms. The number of aromatic nitrogens is 2. The van der Waals surface area contributed by atoms with Crippen molar-refractivity contribution in [3.05, 3.63) is 42.2 Å². The number of ether oxygens (including phenoxy) is 2. The summed E-state index contributed by atoms with van der Waals surface area (Å²) in [5, 5.41) is 10.7. The van der Waals surface area contributed by atoms with Crippen LogP contribution in [0.3, 0.4) is 0 Å². The summed E-state index contributed by atoms with van der Waals surface area (Å²) in [7, 11) is 3.68. The van der Waals surface area contributed by atoms with Crippen molar-refractivity contribution >= 4 is 29.9 Å².